The summed E-state index contributed by atoms with van der Waals surface area (Å²) in [6, 6.07) is 0. The van der Waals surface area contributed by atoms with E-state index in [-0.39, 0.29) is 5.75 Å². The monoisotopic (exact) mass is 189 g/mol. The van der Waals surface area contributed by atoms with Crippen LogP contribution in [0.1, 0.15) is 12.8 Å². The molecule has 12 heavy (non-hydrogen) atoms. The van der Waals surface area contributed by atoms with Crippen molar-refractivity contribution in [2.24, 2.45) is 0 Å². The largest absolute Gasteiger partial charge is 0.313 e. The van der Waals surface area contributed by atoms with Gasteiger partial charge in [0, 0.05) is 12.8 Å². The van der Waals surface area contributed by atoms with Crippen LogP contribution in [0.15, 0.2) is 11.6 Å². The fourth-order valence-electron chi connectivity index (χ4n) is 1.21. The normalized spacial score (nSPS) is 18.9. The zero-order valence-electron chi connectivity index (χ0n) is 7.34. The smallest absolute Gasteiger partial charge is 0.147 e. The second-order valence-electron chi connectivity index (χ2n) is 3.21. The first-order valence-electron chi connectivity index (χ1n) is 4.14. The summed E-state index contributed by atoms with van der Waals surface area (Å²) in [7, 11) is -2.79. The van der Waals surface area contributed by atoms with E-state index in [4.69, 9.17) is 0 Å². The summed E-state index contributed by atoms with van der Waals surface area (Å²) in [5.41, 5.74) is 1.23. The van der Waals surface area contributed by atoms with Gasteiger partial charge in [0.15, 0.2) is 0 Å². The SMILES string of the molecule is CS(=O)(=O)CCC1=CCCNC1. The van der Waals surface area contributed by atoms with Gasteiger partial charge in [0.05, 0.1) is 5.75 Å². The number of sulfone groups is 1. The Kier molecular flexibility index (Phi) is 3.29. The molecule has 0 amide bonds. The fraction of sp³-hybridized carbons (Fsp3) is 0.750. The first-order valence-corrected chi connectivity index (χ1v) is 6.20. The van der Waals surface area contributed by atoms with Crippen LogP contribution in [0.25, 0.3) is 0 Å². The molecule has 0 saturated carbocycles. The maximum absolute atomic E-state index is 10.8. The summed E-state index contributed by atoms with van der Waals surface area (Å²) in [5, 5.41) is 3.21. The fourth-order valence-corrected chi connectivity index (χ4v) is 1.84. The summed E-state index contributed by atoms with van der Waals surface area (Å²) in [5.74, 6) is 0.278. The van der Waals surface area contributed by atoms with Crippen molar-refractivity contribution < 1.29 is 8.42 Å². The Hall–Kier alpha value is -0.350. The summed E-state index contributed by atoms with van der Waals surface area (Å²) >= 11 is 0. The highest BCUT2D eigenvalue weighted by Crippen LogP contribution is 2.06. The van der Waals surface area contributed by atoms with Crippen LogP contribution in [0.2, 0.25) is 0 Å². The second-order valence-corrected chi connectivity index (χ2v) is 5.47. The lowest BCUT2D eigenvalue weighted by atomic mass is 10.1. The van der Waals surface area contributed by atoms with Gasteiger partial charge >= 0.3 is 0 Å². The molecular weight excluding hydrogens is 174 g/mol. The van der Waals surface area contributed by atoms with E-state index in [1.807, 2.05) is 0 Å². The highest BCUT2D eigenvalue weighted by Gasteiger charge is 2.06. The van der Waals surface area contributed by atoms with Gasteiger partial charge in [-0.3, -0.25) is 0 Å². The Morgan fingerprint density at radius 3 is 2.83 bits per heavy atom. The van der Waals surface area contributed by atoms with Gasteiger partial charge in [-0.1, -0.05) is 11.6 Å². The van der Waals surface area contributed by atoms with Crippen LogP contribution in [0.5, 0.6) is 0 Å². The predicted molar refractivity (Wildman–Crippen MR) is 49.9 cm³/mol. The Labute approximate surface area is 73.8 Å². The van der Waals surface area contributed by atoms with Crippen molar-refractivity contribution in [2.45, 2.75) is 12.8 Å². The van der Waals surface area contributed by atoms with E-state index in [0.717, 1.165) is 19.5 Å². The molecule has 1 N–H and O–H groups in total. The Morgan fingerprint density at radius 2 is 2.33 bits per heavy atom. The van der Waals surface area contributed by atoms with Crippen molar-refractivity contribution in [1.29, 1.82) is 0 Å². The minimum absolute atomic E-state index is 0.278. The molecule has 0 saturated heterocycles. The maximum Gasteiger partial charge on any atom is 0.147 e. The standard InChI is InChI=1S/C8H15NO2S/c1-12(10,11)6-4-8-3-2-5-9-7-8/h3,9H,2,4-7H2,1H3. The Bertz CT molecular complexity index is 267. The molecule has 0 unspecified atom stereocenters. The van der Waals surface area contributed by atoms with Gasteiger partial charge in [-0.2, -0.15) is 0 Å². The summed E-state index contributed by atoms with van der Waals surface area (Å²) in [6.45, 7) is 1.87. The highest BCUT2D eigenvalue weighted by atomic mass is 32.2. The molecule has 0 fully saturated rings. The van der Waals surface area contributed by atoms with Crippen LogP contribution in [0.4, 0.5) is 0 Å². The molecule has 0 bridgehead atoms. The highest BCUT2D eigenvalue weighted by molar-refractivity contribution is 7.90. The second kappa shape index (κ2) is 4.05. The van der Waals surface area contributed by atoms with E-state index in [1.165, 1.54) is 11.8 Å². The van der Waals surface area contributed by atoms with Crippen LogP contribution >= 0.6 is 0 Å². The molecule has 0 aliphatic carbocycles. The van der Waals surface area contributed by atoms with E-state index in [9.17, 15) is 8.42 Å². The molecule has 1 aliphatic heterocycles. The number of hydrogen-bond acceptors (Lipinski definition) is 3. The molecule has 70 valence electrons. The van der Waals surface area contributed by atoms with Crippen molar-refractivity contribution in [3.05, 3.63) is 11.6 Å². The number of hydrogen-bond donors (Lipinski definition) is 1. The Morgan fingerprint density at radius 1 is 1.58 bits per heavy atom. The zero-order valence-corrected chi connectivity index (χ0v) is 8.15. The van der Waals surface area contributed by atoms with Gasteiger partial charge in [0.2, 0.25) is 0 Å². The minimum atomic E-state index is -2.79. The van der Waals surface area contributed by atoms with E-state index >= 15 is 0 Å². The predicted octanol–water partition coefficient (Wildman–Crippen LogP) is 0.341. The van der Waals surface area contributed by atoms with Gasteiger partial charge in [-0.25, -0.2) is 8.42 Å². The summed E-state index contributed by atoms with van der Waals surface area (Å²) in [4.78, 5) is 0. The molecule has 0 atom stereocenters. The third-order valence-electron chi connectivity index (χ3n) is 1.90. The lowest BCUT2D eigenvalue weighted by Crippen LogP contribution is -2.23. The van der Waals surface area contributed by atoms with Crippen LogP contribution < -0.4 is 5.32 Å². The van der Waals surface area contributed by atoms with E-state index in [1.54, 1.807) is 0 Å². The molecule has 0 spiro atoms. The van der Waals surface area contributed by atoms with Gasteiger partial charge in [-0.15, -0.1) is 0 Å². The first kappa shape index (κ1) is 9.74. The van der Waals surface area contributed by atoms with Crippen LogP contribution in [0.3, 0.4) is 0 Å². The third kappa shape index (κ3) is 3.88. The molecule has 0 aromatic carbocycles. The van der Waals surface area contributed by atoms with Gasteiger partial charge in [0.1, 0.15) is 9.84 Å². The van der Waals surface area contributed by atoms with Crippen molar-refractivity contribution in [2.75, 3.05) is 25.1 Å². The third-order valence-corrected chi connectivity index (χ3v) is 2.85. The van der Waals surface area contributed by atoms with Crippen LogP contribution in [-0.2, 0) is 9.84 Å². The van der Waals surface area contributed by atoms with Crippen molar-refractivity contribution >= 4 is 9.84 Å². The summed E-state index contributed by atoms with van der Waals surface area (Å²) in [6.07, 6.45) is 5.14. The first-order chi connectivity index (χ1) is 5.58. The molecule has 0 radical (unpaired) electrons. The molecule has 4 heteroatoms. The van der Waals surface area contributed by atoms with E-state index in [2.05, 4.69) is 11.4 Å². The van der Waals surface area contributed by atoms with Gasteiger partial charge < -0.3 is 5.32 Å². The molecule has 0 aromatic heterocycles. The molecule has 3 nitrogen and oxygen atoms in total. The molecule has 1 heterocycles. The van der Waals surface area contributed by atoms with Gasteiger partial charge in [0.25, 0.3) is 0 Å². The average molecular weight is 189 g/mol. The topological polar surface area (TPSA) is 46.2 Å². The lowest BCUT2D eigenvalue weighted by Gasteiger charge is -2.13. The Balaban J connectivity index is 2.36. The van der Waals surface area contributed by atoms with Crippen LogP contribution in [-0.4, -0.2) is 33.5 Å². The average Bonchev–Trinajstić information content (AvgIpc) is 2.02. The zero-order chi connectivity index (χ0) is 9.03. The van der Waals surface area contributed by atoms with Crippen molar-refractivity contribution in [3.63, 3.8) is 0 Å². The van der Waals surface area contributed by atoms with Crippen LogP contribution in [0, 0.1) is 0 Å². The maximum atomic E-state index is 10.8. The molecular formula is C8H15NO2S. The minimum Gasteiger partial charge on any atom is -0.313 e. The van der Waals surface area contributed by atoms with E-state index < -0.39 is 9.84 Å². The number of rotatable bonds is 3. The number of nitrogens with one attached hydrogen (secondary N) is 1. The summed E-state index contributed by atoms with van der Waals surface area (Å²) < 4.78 is 21.7. The van der Waals surface area contributed by atoms with E-state index in [0.29, 0.717) is 6.42 Å². The van der Waals surface area contributed by atoms with Crippen molar-refractivity contribution in [1.82, 2.24) is 5.32 Å². The van der Waals surface area contributed by atoms with Gasteiger partial charge in [-0.05, 0) is 19.4 Å². The van der Waals surface area contributed by atoms with Crippen molar-refractivity contribution in [3.8, 4) is 0 Å². The molecule has 1 aliphatic rings. The molecule has 0 aromatic rings. The quantitative estimate of drug-likeness (QED) is 0.651. The lowest BCUT2D eigenvalue weighted by molar-refractivity contribution is 0.599. The molecule has 1 rings (SSSR count).